The minimum absolute atomic E-state index is 0.0607. The zero-order valence-electron chi connectivity index (χ0n) is 22.2. The molecule has 4 aliphatic rings. The molecule has 2 aromatic carbocycles. The maximum atomic E-state index is 13.4. The molecule has 0 aliphatic heterocycles. The van der Waals surface area contributed by atoms with Gasteiger partial charge in [0.15, 0.2) is 40.5 Å². The number of Topliss-reactive ketones (excluding diaryl/α,β-unsaturated/α-hetero) is 6. The highest BCUT2D eigenvalue weighted by atomic mass is 16.2. The van der Waals surface area contributed by atoms with Gasteiger partial charge in [0.1, 0.15) is 11.8 Å². The molecular formula is C33H30O7. The number of carbonyl (C=O) groups is 7. The standard InChI is InChI=1S/C33H30O7/c34-25(13-17-5-1-2-6-17)27-30(37)21-11-9-19(15-23(21)32(27)39)29(36)20-10-12-22-24(16-20)33(40)28(31(22)38)26(35)14-18-7-3-4-8-18/h9-12,15-18,27-28H,1-8,13-14H2. The van der Waals surface area contributed by atoms with Crippen molar-refractivity contribution < 1.29 is 33.6 Å². The molecule has 7 nitrogen and oxygen atoms in total. The molecule has 2 aromatic rings. The summed E-state index contributed by atoms with van der Waals surface area (Å²) in [5.74, 6) is -5.66. The van der Waals surface area contributed by atoms with Crippen molar-refractivity contribution in [1.82, 2.24) is 0 Å². The van der Waals surface area contributed by atoms with E-state index in [0.717, 1.165) is 51.4 Å². The summed E-state index contributed by atoms with van der Waals surface area (Å²) in [5.41, 5.74) is 0.675. The summed E-state index contributed by atoms with van der Waals surface area (Å²) >= 11 is 0. The molecule has 0 heterocycles. The predicted molar refractivity (Wildman–Crippen MR) is 144 cm³/mol. The highest BCUT2D eigenvalue weighted by molar-refractivity contribution is 6.37. The van der Waals surface area contributed by atoms with Gasteiger partial charge in [-0.1, -0.05) is 63.5 Å². The highest BCUT2D eigenvalue weighted by Crippen LogP contribution is 2.36. The molecule has 2 atom stereocenters. The predicted octanol–water partition coefficient (Wildman–Crippen LogP) is 5.21. The minimum Gasteiger partial charge on any atom is -0.298 e. The average Bonchev–Trinajstić information content (AvgIpc) is 3.73. The van der Waals surface area contributed by atoms with Crippen molar-refractivity contribution in [3.63, 3.8) is 0 Å². The molecule has 0 saturated heterocycles. The molecule has 40 heavy (non-hydrogen) atoms. The second kappa shape index (κ2) is 10.3. The second-order valence-corrected chi connectivity index (χ2v) is 11.8. The molecule has 0 bridgehead atoms. The van der Waals surface area contributed by atoms with E-state index in [-0.39, 0.29) is 69.6 Å². The molecule has 204 valence electrons. The molecule has 7 heteroatoms. The highest BCUT2D eigenvalue weighted by Gasteiger charge is 2.45. The minimum atomic E-state index is -1.34. The number of ketones is 7. The molecule has 0 amide bonds. The fourth-order valence-electron chi connectivity index (χ4n) is 7.05. The van der Waals surface area contributed by atoms with E-state index in [9.17, 15) is 33.6 Å². The second-order valence-electron chi connectivity index (χ2n) is 11.8. The van der Waals surface area contributed by atoms with Crippen LogP contribution in [0.1, 0.15) is 122 Å². The lowest BCUT2D eigenvalue weighted by molar-refractivity contribution is -0.122. The van der Waals surface area contributed by atoms with Gasteiger partial charge in [-0.25, -0.2) is 0 Å². The van der Waals surface area contributed by atoms with Crippen LogP contribution in [-0.4, -0.2) is 40.5 Å². The molecule has 0 spiro atoms. The van der Waals surface area contributed by atoms with Crippen LogP contribution in [0.3, 0.4) is 0 Å². The van der Waals surface area contributed by atoms with E-state index in [0.29, 0.717) is 0 Å². The topological polar surface area (TPSA) is 119 Å². The Bertz CT molecular complexity index is 1390. The lowest BCUT2D eigenvalue weighted by atomic mass is 9.90. The Balaban J connectivity index is 1.21. The number of rotatable bonds is 8. The third-order valence-corrected chi connectivity index (χ3v) is 9.25. The van der Waals surface area contributed by atoms with Gasteiger partial charge < -0.3 is 0 Å². The number of fused-ring (bicyclic) bond motifs is 2. The summed E-state index contributed by atoms with van der Waals surface area (Å²) in [6, 6.07) is 8.37. The largest absolute Gasteiger partial charge is 0.298 e. The quantitative estimate of drug-likeness (QED) is 0.334. The summed E-state index contributed by atoms with van der Waals surface area (Å²) in [5, 5.41) is 0. The normalized spacial score (nSPS) is 22.7. The van der Waals surface area contributed by atoms with E-state index >= 15 is 0 Å². The molecule has 0 N–H and O–H groups in total. The van der Waals surface area contributed by atoms with Crippen molar-refractivity contribution in [2.45, 2.75) is 64.2 Å². The van der Waals surface area contributed by atoms with E-state index in [1.165, 1.54) is 36.4 Å². The zero-order chi connectivity index (χ0) is 28.1. The van der Waals surface area contributed by atoms with Gasteiger partial charge in [0.2, 0.25) is 0 Å². The van der Waals surface area contributed by atoms with Crippen molar-refractivity contribution in [2.24, 2.45) is 23.7 Å². The van der Waals surface area contributed by atoms with Gasteiger partial charge in [0.25, 0.3) is 0 Å². The van der Waals surface area contributed by atoms with E-state index in [1.54, 1.807) is 0 Å². The van der Waals surface area contributed by atoms with Crippen LogP contribution >= 0.6 is 0 Å². The maximum Gasteiger partial charge on any atom is 0.193 e. The van der Waals surface area contributed by atoms with E-state index < -0.39 is 40.8 Å². The molecule has 6 rings (SSSR count). The van der Waals surface area contributed by atoms with Crippen molar-refractivity contribution in [3.05, 3.63) is 69.8 Å². The Morgan fingerprint density at radius 3 is 1.25 bits per heavy atom. The Kier molecular flexibility index (Phi) is 6.77. The lowest BCUT2D eigenvalue weighted by Gasteiger charge is -2.10. The number of hydrogen-bond donors (Lipinski definition) is 0. The van der Waals surface area contributed by atoms with E-state index in [1.807, 2.05) is 0 Å². The third-order valence-electron chi connectivity index (χ3n) is 9.25. The third kappa shape index (κ3) is 4.41. The Labute approximate surface area is 231 Å². The fraction of sp³-hybridized carbons (Fsp3) is 0.424. The Hall–Kier alpha value is -3.87. The molecule has 2 saturated carbocycles. The van der Waals surface area contributed by atoms with Crippen LogP contribution in [-0.2, 0) is 9.59 Å². The SMILES string of the molecule is O=C(c1ccc2c(c1)C(=O)C(C(=O)CC1CCCC1)C2=O)c1ccc2c(c1)C(=O)C(C(=O)CC1CCCC1)C2=O. The van der Waals surface area contributed by atoms with Crippen LogP contribution in [0.4, 0.5) is 0 Å². The number of hydrogen-bond acceptors (Lipinski definition) is 7. The summed E-state index contributed by atoms with van der Waals surface area (Å²) < 4.78 is 0. The van der Waals surface area contributed by atoms with Gasteiger partial charge in [0.05, 0.1) is 0 Å². The van der Waals surface area contributed by atoms with Gasteiger partial charge in [-0.15, -0.1) is 0 Å². The van der Waals surface area contributed by atoms with Crippen LogP contribution < -0.4 is 0 Å². The maximum absolute atomic E-state index is 13.4. The van der Waals surface area contributed by atoms with Gasteiger partial charge >= 0.3 is 0 Å². The lowest BCUT2D eigenvalue weighted by Crippen LogP contribution is -2.27. The summed E-state index contributed by atoms with van der Waals surface area (Å²) in [6.07, 6.45) is 8.35. The van der Waals surface area contributed by atoms with Crippen LogP contribution in [0, 0.1) is 23.7 Å². The fourth-order valence-corrected chi connectivity index (χ4v) is 7.05. The molecule has 0 radical (unpaired) electrons. The molecule has 2 fully saturated rings. The molecular weight excluding hydrogens is 508 g/mol. The van der Waals surface area contributed by atoms with Gasteiger partial charge in [-0.05, 0) is 36.1 Å². The molecule has 2 unspecified atom stereocenters. The number of carbonyl (C=O) groups excluding carboxylic acids is 7. The number of benzene rings is 2. The zero-order valence-corrected chi connectivity index (χ0v) is 22.2. The smallest absolute Gasteiger partial charge is 0.193 e. The first-order chi connectivity index (χ1) is 19.2. The summed E-state index contributed by atoms with van der Waals surface area (Å²) in [6.45, 7) is 0. The van der Waals surface area contributed by atoms with Crippen molar-refractivity contribution in [1.29, 1.82) is 0 Å². The van der Waals surface area contributed by atoms with E-state index in [4.69, 9.17) is 0 Å². The summed E-state index contributed by atoms with van der Waals surface area (Å²) in [7, 11) is 0. The first-order valence-electron chi connectivity index (χ1n) is 14.3. The van der Waals surface area contributed by atoms with Crippen LogP contribution in [0.5, 0.6) is 0 Å². The van der Waals surface area contributed by atoms with Crippen LogP contribution in [0.25, 0.3) is 0 Å². The van der Waals surface area contributed by atoms with Crippen LogP contribution in [0.15, 0.2) is 36.4 Å². The molecule has 0 aromatic heterocycles. The van der Waals surface area contributed by atoms with Gasteiger partial charge in [0, 0.05) is 46.2 Å². The monoisotopic (exact) mass is 538 g/mol. The van der Waals surface area contributed by atoms with Crippen molar-refractivity contribution in [3.8, 4) is 0 Å². The summed E-state index contributed by atoms with van der Waals surface area (Å²) in [4.78, 5) is 91.3. The van der Waals surface area contributed by atoms with E-state index in [2.05, 4.69) is 0 Å². The Morgan fingerprint density at radius 2 is 0.875 bits per heavy atom. The van der Waals surface area contributed by atoms with Crippen LogP contribution in [0.2, 0.25) is 0 Å². The average molecular weight is 539 g/mol. The first-order valence-corrected chi connectivity index (χ1v) is 14.3. The van der Waals surface area contributed by atoms with Gasteiger partial charge in [-0.2, -0.15) is 0 Å². The Morgan fingerprint density at radius 1 is 0.525 bits per heavy atom. The first kappa shape index (κ1) is 26.4. The van der Waals surface area contributed by atoms with Crippen molar-refractivity contribution in [2.75, 3.05) is 0 Å². The molecule has 4 aliphatic carbocycles. The van der Waals surface area contributed by atoms with Crippen molar-refractivity contribution >= 4 is 40.5 Å². The van der Waals surface area contributed by atoms with Gasteiger partial charge in [-0.3, -0.25) is 33.6 Å².